The molecule has 2 aliphatic rings. The maximum atomic E-state index is 15.0. The van der Waals surface area contributed by atoms with Crippen LogP contribution in [0.2, 0.25) is 0 Å². The van der Waals surface area contributed by atoms with Crippen molar-refractivity contribution in [2.24, 2.45) is 5.73 Å². The molecule has 184 valence electrons. The molecule has 0 bridgehead atoms. The maximum absolute atomic E-state index is 15.0. The van der Waals surface area contributed by atoms with Crippen molar-refractivity contribution in [1.82, 2.24) is 14.9 Å². The molecular formula is C24H27FN6O4. The Bertz CT molecular complexity index is 1130. The van der Waals surface area contributed by atoms with E-state index in [0.29, 0.717) is 55.4 Å². The van der Waals surface area contributed by atoms with E-state index < -0.39 is 23.9 Å². The van der Waals surface area contributed by atoms with Crippen molar-refractivity contribution in [3.63, 3.8) is 0 Å². The molecule has 2 aliphatic heterocycles. The molecule has 11 heteroatoms. The number of cyclic esters (lactones) is 1. The van der Waals surface area contributed by atoms with Crippen LogP contribution in [0.3, 0.4) is 0 Å². The van der Waals surface area contributed by atoms with Gasteiger partial charge in [0, 0.05) is 56.1 Å². The number of benzene rings is 1. The van der Waals surface area contributed by atoms with Gasteiger partial charge in [0.1, 0.15) is 11.9 Å². The number of aromatic nitrogens is 2. The van der Waals surface area contributed by atoms with E-state index in [4.69, 9.17) is 10.5 Å². The Labute approximate surface area is 202 Å². The zero-order chi connectivity index (χ0) is 24.9. The van der Waals surface area contributed by atoms with Gasteiger partial charge in [-0.15, -0.1) is 0 Å². The molecule has 10 nitrogen and oxygen atoms in total. The minimum Gasteiger partial charge on any atom is -0.444 e. The number of amides is 3. The van der Waals surface area contributed by atoms with Gasteiger partial charge in [0.05, 0.1) is 12.2 Å². The highest BCUT2D eigenvalue weighted by Gasteiger charge is 2.32. The van der Waals surface area contributed by atoms with Crippen LogP contribution >= 0.6 is 0 Å². The molecule has 1 aromatic carbocycles. The van der Waals surface area contributed by atoms with Crippen molar-refractivity contribution >= 4 is 29.5 Å². The molecule has 35 heavy (non-hydrogen) atoms. The molecule has 4 rings (SSSR count). The number of primary amides is 1. The van der Waals surface area contributed by atoms with E-state index >= 15 is 0 Å². The standard InChI is InChI=1S/C24H27FN6O4/c1-2-3-22(33)29-8-10-30(11-9-29)23-27-13-16(14-28-23)19-6-4-17(12-20(19)25)31-15-18(35-24(31)34)5-7-21(26)32/h2-4,6,12-14,18H,5,7-11,15H2,1H3,(H2,26,32). The van der Waals surface area contributed by atoms with E-state index in [-0.39, 0.29) is 18.9 Å². The number of nitrogens with two attached hydrogens (primary N) is 1. The third-order valence-electron chi connectivity index (χ3n) is 5.98. The summed E-state index contributed by atoms with van der Waals surface area (Å²) >= 11 is 0. The fourth-order valence-electron chi connectivity index (χ4n) is 4.09. The van der Waals surface area contributed by atoms with Gasteiger partial charge in [0.2, 0.25) is 17.8 Å². The largest absolute Gasteiger partial charge is 0.444 e. The van der Waals surface area contributed by atoms with Crippen LogP contribution in [-0.4, -0.2) is 71.6 Å². The molecule has 2 N–H and O–H groups in total. The topological polar surface area (TPSA) is 122 Å². The van der Waals surface area contributed by atoms with E-state index in [9.17, 15) is 18.8 Å². The number of carbonyl (C=O) groups excluding carboxylic acids is 3. The quantitative estimate of drug-likeness (QED) is 0.600. The summed E-state index contributed by atoms with van der Waals surface area (Å²) < 4.78 is 20.2. The predicted molar refractivity (Wildman–Crippen MR) is 127 cm³/mol. The van der Waals surface area contributed by atoms with Gasteiger partial charge in [-0.3, -0.25) is 14.5 Å². The number of piperazine rings is 1. The minimum absolute atomic E-state index is 0.00860. The number of hydrogen-bond donors (Lipinski definition) is 1. The van der Waals surface area contributed by atoms with E-state index in [1.54, 1.807) is 41.6 Å². The highest BCUT2D eigenvalue weighted by atomic mass is 19.1. The summed E-state index contributed by atoms with van der Waals surface area (Å²) in [5.41, 5.74) is 6.32. The van der Waals surface area contributed by atoms with Gasteiger partial charge in [0.15, 0.2) is 0 Å². The van der Waals surface area contributed by atoms with E-state index in [1.807, 2.05) is 11.8 Å². The lowest BCUT2D eigenvalue weighted by Gasteiger charge is -2.34. The monoisotopic (exact) mass is 482 g/mol. The highest BCUT2D eigenvalue weighted by Crippen LogP contribution is 2.29. The van der Waals surface area contributed by atoms with Crippen LogP contribution in [0.15, 0.2) is 42.7 Å². The van der Waals surface area contributed by atoms with Crippen LogP contribution in [-0.2, 0) is 14.3 Å². The fraction of sp³-hybridized carbons (Fsp3) is 0.375. The number of nitrogens with zero attached hydrogens (tertiary/aromatic N) is 5. The van der Waals surface area contributed by atoms with Gasteiger partial charge in [-0.1, -0.05) is 6.08 Å². The SMILES string of the molecule is CC=CC(=O)N1CCN(c2ncc(-c3ccc(N4CC(CCC(N)=O)OC4=O)cc3F)cn2)CC1. The second-order valence-corrected chi connectivity index (χ2v) is 8.37. The van der Waals surface area contributed by atoms with Crippen molar-refractivity contribution in [2.75, 3.05) is 42.5 Å². The van der Waals surface area contributed by atoms with Crippen molar-refractivity contribution in [2.45, 2.75) is 25.9 Å². The van der Waals surface area contributed by atoms with Crippen LogP contribution in [0.1, 0.15) is 19.8 Å². The average molecular weight is 483 g/mol. The number of halogens is 1. The normalized spacial score (nSPS) is 18.3. The molecule has 2 aromatic rings. The smallest absolute Gasteiger partial charge is 0.414 e. The molecule has 0 spiro atoms. The molecule has 1 atom stereocenters. The summed E-state index contributed by atoms with van der Waals surface area (Å²) in [6, 6.07) is 4.46. The average Bonchev–Trinajstić information content (AvgIpc) is 3.23. The first-order valence-electron chi connectivity index (χ1n) is 11.4. The van der Waals surface area contributed by atoms with Crippen molar-refractivity contribution in [1.29, 1.82) is 0 Å². The highest BCUT2D eigenvalue weighted by molar-refractivity contribution is 5.90. The number of allylic oxidation sites excluding steroid dienone is 1. The van der Waals surface area contributed by atoms with Gasteiger partial charge in [0.25, 0.3) is 0 Å². The summed E-state index contributed by atoms with van der Waals surface area (Å²) in [6.07, 6.45) is 5.76. The first kappa shape index (κ1) is 24.1. The Morgan fingerprint density at radius 3 is 2.54 bits per heavy atom. The molecule has 0 aliphatic carbocycles. The number of carbonyl (C=O) groups is 3. The zero-order valence-corrected chi connectivity index (χ0v) is 19.4. The maximum Gasteiger partial charge on any atom is 0.414 e. The molecule has 2 fully saturated rings. The van der Waals surface area contributed by atoms with Gasteiger partial charge in [-0.25, -0.2) is 19.2 Å². The predicted octanol–water partition coefficient (Wildman–Crippen LogP) is 2.10. The number of hydrogen-bond acceptors (Lipinski definition) is 7. The Kier molecular flexibility index (Phi) is 7.23. The third-order valence-corrected chi connectivity index (χ3v) is 5.98. The number of rotatable bonds is 7. The van der Waals surface area contributed by atoms with Crippen LogP contribution in [0.4, 0.5) is 20.8 Å². The van der Waals surface area contributed by atoms with E-state index in [1.165, 1.54) is 11.0 Å². The van der Waals surface area contributed by atoms with Gasteiger partial charge >= 0.3 is 6.09 Å². The van der Waals surface area contributed by atoms with Crippen LogP contribution in [0.5, 0.6) is 0 Å². The Morgan fingerprint density at radius 2 is 1.91 bits per heavy atom. The summed E-state index contributed by atoms with van der Waals surface area (Å²) in [4.78, 5) is 49.0. The molecule has 1 aromatic heterocycles. The number of ether oxygens (including phenoxy) is 1. The van der Waals surface area contributed by atoms with Crippen LogP contribution in [0, 0.1) is 5.82 Å². The van der Waals surface area contributed by atoms with E-state index in [0.717, 1.165) is 0 Å². The van der Waals surface area contributed by atoms with Crippen LogP contribution < -0.4 is 15.5 Å². The van der Waals surface area contributed by atoms with E-state index in [2.05, 4.69) is 9.97 Å². The summed E-state index contributed by atoms with van der Waals surface area (Å²) in [5, 5.41) is 0. The second kappa shape index (κ2) is 10.5. The van der Waals surface area contributed by atoms with Crippen molar-refractivity contribution in [3.8, 4) is 11.1 Å². The Balaban J connectivity index is 1.40. The molecular weight excluding hydrogens is 455 g/mol. The lowest BCUT2D eigenvalue weighted by atomic mass is 10.1. The van der Waals surface area contributed by atoms with Gasteiger partial charge < -0.3 is 20.3 Å². The summed E-state index contributed by atoms with van der Waals surface area (Å²) in [7, 11) is 0. The van der Waals surface area contributed by atoms with Gasteiger partial charge in [-0.05, 0) is 37.6 Å². The third kappa shape index (κ3) is 5.56. The fourth-order valence-corrected chi connectivity index (χ4v) is 4.09. The van der Waals surface area contributed by atoms with Crippen molar-refractivity contribution in [3.05, 3.63) is 48.6 Å². The lowest BCUT2D eigenvalue weighted by molar-refractivity contribution is -0.126. The first-order chi connectivity index (χ1) is 16.9. The summed E-state index contributed by atoms with van der Waals surface area (Å²) in [5.74, 6) is -0.482. The zero-order valence-electron chi connectivity index (χ0n) is 19.4. The van der Waals surface area contributed by atoms with Crippen molar-refractivity contribution < 1.29 is 23.5 Å². The Hall–Kier alpha value is -4.02. The first-order valence-corrected chi connectivity index (χ1v) is 11.4. The lowest BCUT2D eigenvalue weighted by Crippen LogP contribution is -2.48. The summed E-state index contributed by atoms with van der Waals surface area (Å²) in [6.45, 7) is 4.40. The molecule has 2 saturated heterocycles. The van der Waals surface area contributed by atoms with Gasteiger partial charge in [-0.2, -0.15) is 0 Å². The Morgan fingerprint density at radius 1 is 1.20 bits per heavy atom. The molecule has 3 heterocycles. The minimum atomic E-state index is -0.591. The number of anilines is 2. The molecule has 3 amide bonds. The molecule has 0 radical (unpaired) electrons. The van der Waals surface area contributed by atoms with Crippen LogP contribution in [0.25, 0.3) is 11.1 Å². The molecule has 0 saturated carbocycles. The second-order valence-electron chi connectivity index (χ2n) is 8.37. The molecule has 1 unspecified atom stereocenters.